The van der Waals surface area contributed by atoms with Crippen LogP contribution in [0.4, 0.5) is 0 Å². The maximum atomic E-state index is 13.1. The van der Waals surface area contributed by atoms with Gasteiger partial charge in [0.25, 0.3) is 0 Å². The summed E-state index contributed by atoms with van der Waals surface area (Å²) in [6.07, 6.45) is 0.956. The highest BCUT2D eigenvalue weighted by Gasteiger charge is 2.66. The van der Waals surface area contributed by atoms with Crippen molar-refractivity contribution in [1.82, 2.24) is 0 Å². The second-order valence-corrected chi connectivity index (χ2v) is 10.8. The maximum absolute atomic E-state index is 13.1. The SMILES string of the molecule is CC.COC(=O)C(C)(CC1OC(=O)CC1C)C1C(=O)OC(=O)C1C1C(C)C2CC1C(C)C2C. The average Bonchev–Trinajstić information content (AvgIpc) is 3.45. The van der Waals surface area contributed by atoms with E-state index in [1.54, 1.807) is 6.92 Å². The van der Waals surface area contributed by atoms with Gasteiger partial charge in [0.1, 0.15) is 6.10 Å². The van der Waals surface area contributed by atoms with Gasteiger partial charge in [-0.2, -0.15) is 0 Å². The molecule has 0 aromatic carbocycles. The molecule has 0 spiro atoms. The van der Waals surface area contributed by atoms with E-state index in [0.29, 0.717) is 23.7 Å². The van der Waals surface area contributed by atoms with Crippen LogP contribution in [-0.4, -0.2) is 37.1 Å². The smallest absolute Gasteiger partial charge is 0.318 e. The predicted molar refractivity (Wildman–Crippen MR) is 120 cm³/mol. The zero-order valence-corrected chi connectivity index (χ0v) is 21.3. The van der Waals surface area contributed by atoms with Crippen molar-refractivity contribution in [3.8, 4) is 0 Å². The second-order valence-electron chi connectivity index (χ2n) is 10.8. The normalized spacial score (nSPS) is 43.5. The van der Waals surface area contributed by atoms with Crippen LogP contribution in [0.15, 0.2) is 0 Å². The Morgan fingerprint density at radius 1 is 1.00 bits per heavy atom. The first-order valence-corrected chi connectivity index (χ1v) is 12.5. The number of rotatable bonds is 5. The van der Waals surface area contributed by atoms with Crippen LogP contribution >= 0.6 is 0 Å². The van der Waals surface area contributed by atoms with E-state index in [9.17, 15) is 19.2 Å². The van der Waals surface area contributed by atoms with Gasteiger partial charge in [-0.1, -0.05) is 41.5 Å². The van der Waals surface area contributed by atoms with Gasteiger partial charge >= 0.3 is 23.9 Å². The van der Waals surface area contributed by atoms with E-state index in [0.717, 1.165) is 6.42 Å². The Hall–Kier alpha value is -1.92. The number of cyclic esters (lactones) is 3. The van der Waals surface area contributed by atoms with E-state index in [1.165, 1.54) is 7.11 Å². The van der Waals surface area contributed by atoms with Crippen molar-refractivity contribution in [2.45, 2.75) is 73.8 Å². The predicted octanol–water partition coefficient (Wildman–Crippen LogP) is 4.02. The van der Waals surface area contributed by atoms with Crippen molar-refractivity contribution in [3.05, 3.63) is 0 Å². The van der Waals surface area contributed by atoms with E-state index in [4.69, 9.17) is 14.2 Å². The molecule has 2 aliphatic heterocycles. The zero-order valence-electron chi connectivity index (χ0n) is 21.3. The summed E-state index contributed by atoms with van der Waals surface area (Å²) >= 11 is 0. The lowest BCUT2D eigenvalue weighted by atomic mass is 9.58. The molecule has 11 atom stereocenters. The van der Waals surface area contributed by atoms with Gasteiger partial charge in [0.05, 0.1) is 30.8 Å². The molecular formula is C26H40O7. The standard InChI is InChI=1S/C24H34O7.C2H6/c1-10-7-17(25)30-16(10)9-24(5,23(28)29-6)20-19(21(26)31-22(20)27)18-13(4)14-8-15(18)12(3)11(14)2;1-2/h10-16,18-20H,7-9H2,1-6H3;1-2H3. The highest BCUT2D eigenvalue weighted by molar-refractivity contribution is 6.00. The molecule has 4 aliphatic rings. The van der Waals surface area contributed by atoms with E-state index in [-0.39, 0.29) is 36.6 Å². The Balaban J connectivity index is 0.00000149. The summed E-state index contributed by atoms with van der Waals surface area (Å²) in [4.78, 5) is 51.0. The number of esters is 4. The van der Waals surface area contributed by atoms with Crippen LogP contribution in [-0.2, 0) is 33.4 Å². The van der Waals surface area contributed by atoms with Gasteiger partial charge < -0.3 is 14.2 Å². The lowest BCUT2D eigenvalue weighted by Crippen LogP contribution is -2.49. The zero-order chi connectivity index (χ0) is 24.8. The highest BCUT2D eigenvalue weighted by atomic mass is 16.6. The van der Waals surface area contributed by atoms with Crippen LogP contribution in [0.25, 0.3) is 0 Å². The van der Waals surface area contributed by atoms with Gasteiger partial charge in [-0.05, 0) is 48.9 Å². The average molecular weight is 465 g/mol. The summed E-state index contributed by atoms with van der Waals surface area (Å²) < 4.78 is 15.8. The summed E-state index contributed by atoms with van der Waals surface area (Å²) in [7, 11) is 1.28. The molecule has 2 bridgehead atoms. The van der Waals surface area contributed by atoms with Crippen molar-refractivity contribution in [2.75, 3.05) is 7.11 Å². The Bertz CT molecular complexity index is 806. The Morgan fingerprint density at radius 3 is 2.12 bits per heavy atom. The molecule has 2 saturated carbocycles. The maximum Gasteiger partial charge on any atom is 0.318 e. The molecule has 2 saturated heterocycles. The number of methoxy groups -OCH3 is 1. The van der Waals surface area contributed by atoms with Crippen LogP contribution in [0.1, 0.15) is 67.7 Å². The second kappa shape index (κ2) is 9.38. The van der Waals surface area contributed by atoms with E-state index >= 15 is 0 Å². The van der Waals surface area contributed by atoms with E-state index in [2.05, 4.69) is 20.8 Å². The Labute approximate surface area is 197 Å². The van der Waals surface area contributed by atoms with Gasteiger partial charge in [0, 0.05) is 12.3 Å². The van der Waals surface area contributed by atoms with Crippen LogP contribution in [0, 0.1) is 58.7 Å². The van der Waals surface area contributed by atoms with E-state index < -0.39 is 41.3 Å². The molecule has 7 heteroatoms. The van der Waals surface area contributed by atoms with Crippen molar-refractivity contribution < 1.29 is 33.4 Å². The molecule has 0 amide bonds. The molecule has 33 heavy (non-hydrogen) atoms. The van der Waals surface area contributed by atoms with Gasteiger partial charge in [-0.15, -0.1) is 0 Å². The number of fused-ring (bicyclic) bond motifs is 2. The molecule has 0 aromatic heterocycles. The third kappa shape index (κ3) is 3.99. The third-order valence-corrected chi connectivity index (χ3v) is 9.37. The van der Waals surface area contributed by atoms with Gasteiger partial charge in [0.2, 0.25) is 0 Å². The van der Waals surface area contributed by atoms with Crippen molar-refractivity contribution in [1.29, 1.82) is 0 Å². The molecule has 0 N–H and O–H groups in total. The quantitative estimate of drug-likeness (QED) is 0.344. The fourth-order valence-electron chi connectivity index (χ4n) is 7.50. The van der Waals surface area contributed by atoms with Crippen LogP contribution in [0.2, 0.25) is 0 Å². The lowest BCUT2D eigenvalue weighted by molar-refractivity contribution is -0.167. The fourth-order valence-corrected chi connectivity index (χ4v) is 7.50. The van der Waals surface area contributed by atoms with Crippen molar-refractivity contribution in [2.24, 2.45) is 58.7 Å². The highest BCUT2D eigenvalue weighted by Crippen LogP contribution is 2.63. The minimum atomic E-state index is -1.32. The molecule has 0 aromatic rings. The minimum Gasteiger partial charge on any atom is -0.469 e. The summed E-state index contributed by atoms with van der Waals surface area (Å²) in [6.45, 7) is 14.2. The Kier molecular flexibility index (Phi) is 7.30. The minimum absolute atomic E-state index is 0.00678. The Morgan fingerprint density at radius 2 is 1.61 bits per heavy atom. The monoisotopic (exact) mass is 464 g/mol. The molecule has 4 rings (SSSR count). The molecule has 7 nitrogen and oxygen atoms in total. The number of carbonyl (C=O) groups excluding carboxylic acids is 4. The summed E-state index contributed by atoms with van der Waals surface area (Å²) in [5.41, 5.74) is -1.32. The number of ether oxygens (including phenoxy) is 3. The molecule has 4 fully saturated rings. The summed E-state index contributed by atoms with van der Waals surface area (Å²) in [5.74, 6) is -1.62. The third-order valence-electron chi connectivity index (χ3n) is 9.37. The molecule has 11 unspecified atom stereocenters. The first-order chi connectivity index (χ1) is 15.5. The topological polar surface area (TPSA) is 96.0 Å². The number of hydrogen-bond donors (Lipinski definition) is 0. The molecule has 186 valence electrons. The van der Waals surface area contributed by atoms with Gasteiger partial charge in [0.15, 0.2) is 0 Å². The molecule has 2 heterocycles. The van der Waals surface area contributed by atoms with Crippen LogP contribution in [0.3, 0.4) is 0 Å². The number of hydrogen-bond acceptors (Lipinski definition) is 7. The molecule has 0 radical (unpaired) electrons. The van der Waals surface area contributed by atoms with E-state index in [1.807, 2.05) is 20.8 Å². The van der Waals surface area contributed by atoms with Crippen molar-refractivity contribution in [3.63, 3.8) is 0 Å². The molecule has 2 aliphatic carbocycles. The van der Waals surface area contributed by atoms with Gasteiger partial charge in [-0.25, -0.2) is 0 Å². The largest absolute Gasteiger partial charge is 0.469 e. The van der Waals surface area contributed by atoms with Gasteiger partial charge in [-0.3, -0.25) is 19.2 Å². The first-order valence-electron chi connectivity index (χ1n) is 12.5. The number of carbonyl (C=O) groups is 4. The fraction of sp³-hybridized carbons (Fsp3) is 0.846. The lowest BCUT2D eigenvalue weighted by Gasteiger charge is -2.42. The van der Waals surface area contributed by atoms with Crippen LogP contribution < -0.4 is 0 Å². The summed E-state index contributed by atoms with van der Waals surface area (Å²) in [6, 6.07) is 0. The van der Waals surface area contributed by atoms with Crippen LogP contribution in [0.5, 0.6) is 0 Å². The molecular weight excluding hydrogens is 424 g/mol. The summed E-state index contributed by atoms with van der Waals surface area (Å²) in [5, 5.41) is 0. The first kappa shape index (κ1) is 25.7. The van der Waals surface area contributed by atoms with Crippen molar-refractivity contribution >= 4 is 23.9 Å².